The summed E-state index contributed by atoms with van der Waals surface area (Å²) >= 11 is 0. The summed E-state index contributed by atoms with van der Waals surface area (Å²) in [6, 6.07) is 0. The lowest BCUT2D eigenvalue weighted by molar-refractivity contribution is -0.0511. The van der Waals surface area contributed by atoms with E-state index >= 15 is 0 Å². The van der Waals surface area contributed by atoms with Crippen LogP contribution in [0.3, 0.4) is 0 Å². The molecule has 4 aromatic heterocycles. The van der Waals surface area contributed by atoms with E-state index in [-0.39, 0.29) is 11.2 Å². The Balaban J connectivity index is 0.000000166. The van der Waals surface area contributed by atoms with Gasteiger partial charge < -0.3 is 30.0 Å². The molecular weight excluding hydrogens is 410 g/mol. The highest BCUT2D eigenvalue weighted by Crippen LogP contribution is 2.30. The number of aliphatic hydroxyl groups excluding tert-OH is 3. The SMILES string of the molecule is C=C=Nc1ncnc2nc[nH]c12.O=c1[nH]cnc2c1ncn2[C@@H]1O[C@H](CO)[C@@H](O)[C@H]1O. The molecule has 0 saturated carbocycles. The predicted octanol–water partition coefficient (Wildman–Crippen LogP) is -1.43. The second kappa shape index (κ2) is 8.51. The van der Waals surface area contributed by atoms with Gasteiger partial charge in [-0.15, -0.1) is 0 Å². The van der Waals surface area contributed by atoms with Crippen LogP contribution in [0.5, 0.6) is 0 Å². The van der Waals surface area contributed by atoms with Gasteiger partial charge in [0.25, 0.3) is 5.56 Å². The van der Waals surface area contributed by atoms with Crippen molar-refractivity contribution in [2.75, 3.05) is 6.61 Å². The van der Waals surface area contributed by atoms with Crippen molar-refractivity contribution in [3.8, 4) is 0 Å². The third-order valence-electron chi connectivity index (χ3n) is 4.54. The lowest BCUT2D eigenvalue weighted by atomic mass is 10.1. The van der Waals surface area contributed by atoms with Crippen molar-refractivity contribution >= 4 is 34.0 Å². The maximum Gasteiger partial charge on any atom is 0.278 e. The van der Waals surface area contributed by atoms with Gasteiger partial charge in [-0.1, -0.05) is 0 Å². The third kappa shape index (κ3) is 3.72. The number of rotatable bonds is 3. The van der Waals surface area contributed by atoms with E-state index in [1.54, 1.807) is 6.33 Å². The first-order valence-corrected chi connectivity index (χ1v) is 8.94. The van der Waals surface area contributed by atoms with Gasteiger partial charge in [0.05, 0.1) is 25.6 Å². The van der Waals surface area contributed by atoms with E-state index in [9.17, 15) is 15.0 Å². The fourth-order valence-electron chi connectivity index (χ4n) is 3.07. The van der Waals surface area contributed by atoms with Gasteiger partial charge in [-0.25, -0.2) is 24.9 Å². The van der Waals surface area contributed by atoms with Crippen LogP contribution in [0.4, 0.5) is 5.82 Å². The zero-order valence-corrected chi connectivity index (χ0v) is 15.8. The Morgan fingerprint density at radius 3 is 2.71 bits per heavy atom. The minimum Gasteiger partial charge on any atom is -0.394 e. The second-order valence-electron chi connectivity index (χ2n) is 6.35. The number of aromatic nitrogens is 8. The first-order chi connectivity index (χ1) is 15.0. The molecule has 0 aromatic carbocycles. The van der Waals surface area contributed by atoms with Gasteiger partial charge >= 0.3 is 0 Å². The van der Waals surface area contributed by atoms with Crippen LogP contribution in [0, 0.1) is 0 Å². The third-order valence-corrected chi connectivity index (χ3v) is 4.54. The molecule has 5 rings (SSSR count). The molecule has 0 unspecified atom stereocenters. The number of nitrogens with one attached hydrogen (secondary N) is 2. The molecule has 4 aromatic rings. The molecule has 31 heavy (non-hydrogen) atoms. The van der Waals surface area contributed by atoms with Gasteiger partial charge in [-0.05, 0) is 12.4 Å². The Morgan fingerprint density at radius 1 is 1.16 bits per heavy atom. The van der Waals surface area contributed by atoms with Crippen LogP contribution in [0.15, 0.2) is 41.7 Å². The van der Waals surface area contributed by atoms with E-state index in [0.717, 1.165) is 0 Å². The highest BCUT2D eigenvalue weighted by Gasteiger charge is 2.43. The van der Waals surface area contributed by atoms with Crippen LogP contribution in [0.2, 0.25) is 0 Å². The van der Waals surface area contributed by atoms with Crippen molar-refractivity contribution in [3.05, 3.63) is 42.2 Å². The zero-order valence-electron chi connectivity index (χ0n) is 15.8. The fourth-order valence-corrected chi connectivity index (χ4v) is 3.07. The molecule has 14 nitrogen and oxygen atoms in total. The lowest BCUT2D eigenvalue weighted by Gasteiger charge is -2.16. The molecule has 1 aliphatic heterocycles. The van der Waals surface area contributed by atoms with Crippen LogP contribution < -0.4 is 5.56 Å². The summed E-state index contributed by atoms with van der Waals surface area (Å²) in [5, 5.41) is 28.6. The normalized spacial score (nSPS) is 22.8. The van der Waals surface area contributed by atoms with Gasteiger partial charge in [0, 0.05) is 0 Å². The summed E-state index contributed by atoms with van der Waals surface area (Å²) in [7, 11) is 0. The maximum atomic E-state index is 11.5. The molecule has 1 saturated heterocycles. The molecule has 14 heteroatoms. The molecule has 0 radical (unpaired) electrons. The average molecular weight is 427 g/mol. The molecule has 4 atom stereocenters. The Kier molecular flexibility index (Phi) is 5.62. The van der Waals surface area contributed by atoms with Crippen molar-refractivity contribution in [1.29, 1.82) is 0 Å². The van der Waals surface area contributed by atoms with Gasteiger partial charge in [-0.2, -0.15) is 4.99 Å². The predicted molar refractivity (Wildman–Crippen MR) is 106 cm³/mol. The summed E-state index contributed by atoms with van der Waals surface area (Å²) in [6.07, 6.45) is 1.16. The van der Waals surface area contributed by atoms with Gasteiger partial charge in [0.2, 0.25) is 0 Å². The fraction of sp³-hybridized carbons (Fsp3) is 0.294. The molecular formula is C17H17N9O5. The smallest absolute Gasteiger partial charge is 0.278 e. The van der Waals surface area contributed by atoms with E-state index < -0.39 is 36.7 Å². The van der Waals surface area contributed by atoms with E-state index in [1.165, 1.54) is 23.5 Å². The van der Waals surface area contributed by atoms with Crippen LogP contribution >= 0.6 is 0 Å². The first kappa shape index (κ1) is 20.5. The summed E-state index contributed by atoms with van der Waals surface area (Å²) in [6.45, 7) is 2.94. The van der Waals surface area contributed by atoms with Crippen molar-refractivity contribution in [1.82, 2.24) is 39.5 Å². The van der Waals surface area contributed by atoms with E-state index in [0.29, 0.717) is 17.0 Å². The van der Waals surface area contributed by atoms with Crippen LogP contribution in [-0.4, -0.2) is 85.6 Å². The monoisotopic (exact) mass is 427 g/mol. The number of nitrogens with zero attached hydrogens (tertiary/aromatic N) is 7. The molecule has 5 heterocycles. The summed E-state index contributed by atoms with van der Waals surface area (Å²) in [5.41, 5.74) is 1.24. The number of hydrogen-bond acceptors (Lipinski definition) is 11. The van der Waals surface area contributed by atoms with Crippen LogP contribution in [0.1, 0.15) is 6.23 Å². The summed E-state index contributed by atoms with van der Waals surface area (Å²) in [4.78, 5) is 40.2. The number of aliphatic imine (C=N–C) groups is 1. The molecule has 1 fully saturated rings. The second-order valence-corrected chi connectivity index (χ2v) is 6.35. The Morgan fingerprint density at radius 2 is 1.97 bits per heavy atom. The average Bonchev–Trinajstić information content (AvgIpc) is 3.48. The van der Waals surface area contributed by atoms with Gasteiger partial charge in [0.1, 0.15) is 30.2 Å². The number of ether oxygens (including phenoxy) is 1. The minimum absolute atomic E-state index is 0.111. The molecule has 160 valence electrons. The Hall–Kier alpha value is -3.81. The molecule has 0 amide bonds. The number of aromatic amines is 2. The largest absolute Gasteiger partial charge is 0.394 e. The van der Waals surface area contributed by atoms with Gasteiger partial charge in [-0.3, -0.25) is 9.36 Å². The zero-order chi connectivity index (χ0) is 22.0. The highest BCUT2D eigenvalue weighted by molar-refractivity contribution is 5.81. The van der Waals surface area contributed by atoms with Gasteiger partial charge in [0.15, 0.2) is 28.9 Å². The lowest BCUT2D eigenvalue weighted by Crippen LogP contribution is -2.33. The first-order valence-electron chi connectivity index (χ1n) is 8.94. The number of fused-ring (bicyclic) bond motifs is 2. The minimum atomic E-state index is -1.24. The van der Waals surface area contributed by atoms with Crippen molar-refractivity contribution < 1.29 is 20.1 Å². The standard InChI is InChI=1S/C10H12N4O5.C7H5N5/c15-1-4-6(16)7(17)10(19-4)14-3-13-5-8(14)11-2-12-9(5)18;1-2-8-6-5-7(10-3-9-5)12-4-11-6/h2-4,6-7,10,15-17H,1H2,(H,11,12,18);3-4H,1H2,(H,9,10,11,12)/t4-,6-,7-,10-;/m1./s1. The molecule has 1 aliphatic rings. The molecule has 0 aliphatic carbocycles. The molecule has 0 bridgehead atoms. The quantitative estimate of drug-likeness (QED) is 0.241. The maximum absolute atomic E-state index is 11.5. The number of imidazole rings is 2. The van der Waals surface area contributed by atoms with Crippen LogP contribution in [0.25, 0.3) is 22.3 Å². The number of H-pyrrole nitrogens is 2. The summed E-state index contributed by atoms with van der Waals surface area (Å²) in [5.74, 6) is 2.91. The molecule has 5 N–H and O–H groups in total. The van der Waals surface area contributed by atoms with Crippen molar-refractivity contribution in [2.45, 2.75) is 24.5 Å². The molecule has 0 spiro atoms. The van der Waals surface area contributed by atoms with Crippen molar-refractivity contribution in [2.24, 2.45) is 4.99 Å². The summed E-state index contributed by atoms with van der Waals surface area (Å²) < 4.78 is 6.70. The number of aliphatic hydroxyl groups is 3. The van der Waals surface area contributed by atoms with Crippen molar-refractivity contribution in [3.63, 3.8) is 0 Å². The van der Waals surface area contributed by atoms with E-state index in [4.69, 9.17) is 9.84 Å². The van der Waals surface area contributed by atoms with E-state index in [1.807, 2.05) is 0 Å². The Labute approximate surface area is 172 Å². The Bertz CT molecular complexity index is 1310. The highest BCUT2D eigenvalue weighted by atomic mass is 16.6. The topological polar surface area (TPSA) is 200 Å². The number of hydrogen-bond donors (Lipinski definition) is 5. The van der Waals surface area contributed by atoms with Crippen LogP contribution in [-0.2, 0) is 4.74 Å². The van der Waals surface area contributed by atoms with E-state index in [2.05, 4.69) is 52.3 Å².